The van der Waals surface area contributed by atoms with E-state index in [1.165, 1.54) is 12.1 Å². The first-order chi connectivity index (χ1) is 14.7. The highest BCUT2D eigenvalue weighted by atomic mass is 35.5. The topological polar surface area (TPSA) is 29.2 Å². The van der Waals surface area contributed by atoms with Crippen molar-refractivity contribution < 1.29 is 13.2 Å². The molecule has 0 amide bonds. The molecule has 0 unspecified atom stereocenters. The van der Waals surface area contributed by atoms with Gasteiger partial charge in [0.25, 0.3) is 0 Å². The third-order valence-corrected chi connectivity index (χ3v) is 6.21. The zero-order chi connectivity index (χ0) is 22.2. The summed E-state index contributed by atoms with van der Waals surface area (Å²) in [5.74, 6) is 0.693. The molecule has 1 aromatic heterocycles. The number of rotatable bonds is 4. The largest absolute Gasteiger partial charge is 0.416 e. The molecule has 2 heterocycles. The minimum atomic E-state index is -4.34. The average molecular weight is 468 g/mol. The molecular formula is C21H21ClF3N5S. The lowest BCUT2D eigenvalue weighted by atomic mass is 10.1. The van der Waals surface area contributed by atoms with E-state index in [-0.39, 0.29) is 0 Å². The first kappa shape index (κ1) is 21.9. The van der Waals surface area contributed by atoms with Crippen molar-refractivity contribution in [2.75, 3.05) is 31.1 Å². The van der Waals surface area contributed by atoms with Crippen LogP contribution < -0.4 is 4.90 Å². The number of anilines is 1. The standard InChI is InChI=1S/C21H21ClF3N5S/c1-27-19(17-7-2-3-8-18(17)22)26-30(20(27)31)14-28-9-11-29(12-10-28)16-6-4-5-15(13-16)21(23,24)25/h2-8,13H,9-12,14H2,1H3. The maximum Gasteiger partial charge on any atom is 0.416 e. The number of halogens is 4. The minimum Gasteiger partial charge on any atom is -0.369 e. The van der Waals surface area contributed by atoms with Gasteiger partial charge < -0.3 is 9.47 Å². The summed E-state index contributed by atoms with van der Waals surface area (Å²) in [7, 11) is 1.86. The molecule has 1 aliphatic rings. The molecule has 0 atom stereocenters. The summed E-state index contributed by atoms with van der Waals surface area (Å²) < 4.78 is 43.2. The quantitative estimate of drug-likeness (QED) is 0.501. The van der Waals surface area contributed by atoms with Crippen LogP contribution in [0.4, 0.5) is 18.9 Å². The molecule has 0 radical (unpaired) electrons. The molecule has 3 aromatic rings. The summed E-state index contributed by atoms with van der Waals surface area (Å²) in [5, 5.41) is 5.27. The van der Waals surface area contributed by atoms with Gasteiger partial charge in [0.15, 0.2) is 10.6 Å². The van der Waals surface area contributed by atoms with Crippen LogP contribution in [0, 0.1) is 4.77 Å². The lowest BCUT2D eigenvalue weighted by molar-refractivity contribution is -0.137. The molecule has 164 valence electrons. The summed E-state index contributed by atoms with van der Waals surface area (Å²) in [4.78, 5) is 4.15. The molecule has 5 nitrogen and oxygen atoms in total. The van der Waals surface area contributed by atoms with Crippen molar-refractivity contribution in [3.05, 3.63) is 63.9 Å². The van der Waals surface area contributed by atoms with Crippen molar-refractivity contribution >= 4 is 29.5 Å². The lowest BCUT2D eigenvalue weighted by Gasteiger charge is -2.36. The highest BCUT2D eigenvalue weighted by Crippen LogP contribution is 2.32. The molecule has 10 heteroatoms. The van der Waals surface area contributed by atoms with E-state index in [2.05, 4.69) is 10.00 Å². The van der Waals surface area contributed by atoms with E-state index in [1.54, 1.807) is 10.7 Å². The average Bonchev–Trinajstić information content (AvgIpc) is 3.02. The predicted octanol–water partition coefficient (Wildman–Crippen LogP) is 5.07. The predicted molar refractivity (Wildman–Crippen MR) is 118 cm³/mol. The van der Waals surface area contributed by atoms with Gasteiger partial charge in [-0.25, -0.2) is 4.68 Å². The molecule has 0 N–H and O–H groups in total. The Balaban J connectivity index is 1.45. The van der Waals surface area contributed by atoms with Gasteiger partial charge in [-0.15, -0.1) is 0 Å². The van der Waals surface area contributed by atoms with Crippen LogP contribution in [0.1, 0.15) is 5.56 Å². The minimum absolute atomic E-state index is 0.507. The number of nitrogens with zero attached hydrogens (tertiary/aromatic N) is 5. The molecular weight excluding hydrogens is 447 g/mol. The van der Waals surface area contributed by atoms with E-state index < -0.39 is 11.7 Å². The Labute approximate surface area is 188 Å². The fourth-order valence-corrected chi connectivity index (χ4v) is 4.08. The van der Waals surface area contributed by atoms with Gasteiger partial charge in [-0.2, -0.15) is 18.3 Å². The van der Waals surface area contributed by atoms with Crippen LogP contribution in [-0.4, -0.2) is 45.4 Å². The van der Waals surface area contributed by atoms with Crippen LogP contribution >= 0.6 is 23.8 Å². The number of hydrogen-bond donors (Lipinski definition) is 0. The molecule has 31 heavy (non-hydrogen) atoms. The third-order valence-electron chi connectivity index (χ3n) is 5.40. The monoisotopic (exact) mass is 467 g/mol. The highest BCUT2D eigenvalue weighted by Gasteiger charge is 2.31. The van der Waals surface area contributed by atoms with E-state index in [4.69, 9.17) is 23.8 Å². The fourth-order valence-electron chi connectivity index (χ4n) is 3.67. The van der Waals surface area contributed by atoms with Crippen LogP contribution in [0.25, 0.3) is 11.4 Å². The van der Waals surface area contributed by atoms with Gasteiger partial charge in [0, 0.05) is 44.5 Å². The number of benzene rings is 2. The number of alkyl halides is 3. The number of aromatic nitrogens is 3. The van der Waals surface area contributed by atoms with E-state index in [0.717, 1.165) is 11.6 Å². The Morgan fingerprint density at radius 2 is 1.74 bits per heavy atom. The van der Waals surface area contributed by atoms with Crippen LogP contribution in [0.2, 0.25) is 5.02 Å². The highest BCUT2D eigenvalue weighted by molar-refractivity contribution is 7.71. The molecule has 2 aromatic carbocycles. The van der Waals surface area contributed by atoms with Gasteiger partial charge in [0.05, 0.1) is 17.3 Å². The van der Waals surface area contributed by atoms with E-state index >= 15 is 0 Å². The maximum atomic E-state index is 13.0. The Kier molecular flexibility index (Phi) is 6.09. The van der Waals surface area contributed by atoms with Gasteiger partial charge in [-0.05, 0) is 42.5 Å². The van der Waals surface area contributed by atoms with Crippen LogP contribution in [-0.2, 0) is 19.9 Å². The van der Waals surface area contributed by atoms with Gasteiger partial charge in [-0.3, -0.25) is 4.90 Å². The second-order valence-electron chi connectivity index (χ2n) is 7.44. The lowest BCUT2D eigenvalue weighted by Crippen LogP contribution is -2.47. The van der Waals surface area contributed by atoms with E-state index in [1.807, 2.05) is 40.8 Å². The Morgan fingerprint density at radius 3 is 2.42 bits per heavy atom. The van der Waals surface area contributed by atoms with Crippen molar-refractivity contribution in [2.45, 2.75) is 12.8 Å². The zero-order valence-electron chi connectivity index (χ0n) is 16.8. The first-order valence-electron chi connectivity index (χ1n) is 9.77. The normalized spacial score (nSPS) is 15.5. The molecule has 4 rings (SSSR count). The second-order valence-corrected chi connectivity index (χ2v) is 8.21. The van der Waals surface area contributed by atoms with Crippen molar-refractivity contribution in [2.24, 2.45) is 7.05 Å². The second kappa shape index (κ2) is 8.64. The van der Waals surface area contributed by atoms with E-state index in [0.29, 0.717) is 54.2 Å². The molecule has 1 fully saturated rings. The maximum absolute atomic E-state index is 13.0. The Hall–Kier alpha value is -2.36. The van der Waals surface area contributed by atoms with E-state index in [9.17, 15) is 13.2 Å². The SMILES string of the molecule is Cn1c(-c2ccccc2Cl)nn(CN2CCN(c3cccc(C(F)(F)F)c3)CC2)c1=S. The molecule has 0 spiro atoms. The van der Waals surface area contributed by atoms with Crippen molar-refractivity contribution in [3.63, 3.8) is 0 Å². The summed E-state index contributed by atoms with van der Waals surface area (Å²) >= 11 is 11.9. The smallest absolute Gasteiger partial charge is 0.369 e. The van der Waals surface area contributed by atoms with Crippen LogP contribution in [0.5, 0.6) is 0 Å². The van der Waals surface area contributed by atoms with Crippen molar-refractivity contribution in [1.82, 2.24) is 19.2 Å². The van der Waals surface area contributed by atoms with Crippen LogP contribution in [0.3, 0.4) is 0 Å². The number of piperazine rings is 1. The Bertz CT molecular complexity index is 1130. The summed E-state index contributed by atoms with van der Waals surface area (Å²) in [5.41, 5.74) is 0.773. The van der Waals surface area contributed by atoms with Gasteiger partial charge >= 0.3 is 6.18 Å². The fraction of sp³-hybridized carbons (Fsp3) is 0.333. The molecule has 0 aliphatic carbocycles. The molecule has 0 bridgehead atoms. The summed E-state index contributed by atoms with van der Waals surface area (Å²) in [6, 6.07) is 12.9. The molecule has 1 saturated heterocycles. The van der Waals surface area contributed by atoms with Gasteiger partial charge in [0.1, 0.15) is 0 Å². The Morgan fingerprint density at radius 1 is 1.03 bits per heavy atom. The summed E-state index contributed by atoms with van der Waals surface area (Å²) in [6.07, 6.45) is -4.34. The molecule has 0 saturated carbocycles. The zero-order valence-corrected chi connectivity index (χ0v) is 18.4. The third kappa shape index (κ3) is 4.63. The first-order valence-corrected chi connectivity index (χ1v) is 10.6. The van der Waals surface area contributed by atoms with Gasteiger partial charge in [0.2, 0.25) is 0 Å². The van der Waals surface area contributed by atoms with Crippen molar-refractivity contribution in [3.8, 4) is 11.4 Å². The van der Waals surface area contributed by atoms with Crippen LogP contribution in [0.15, 0.2) is 48.5 Å². The summed E-state index contributed by atoms with van der Waals surface area (Å²) in [6.45, 7) is 3.14. The molecule has 1 aliphatic heterocycles. The van der Waals surface area contributed by atoms with Crippen molar-refractivity contribution in [1.29, 1.82) is 0 Å². The van der Waals surface area contributed by atoms with Gasteiger partial charge in [-0.1, -0.05) is 29.8 Å². The number of hydrogen-bond acceptors (Lipinski definition) is 4.